The average Bonchev–Trinajstić information content (AvgIpc) is 2.56. The van der Waals surface area contributed by atoms with Crippen LogP contribution < -0.4 is 5.32 Å². The standard InChI is InChI=1S/C18H14ClNO5/c1-18(9-11-2-5-12(19)8-14(11)16(23)25-18)17(24)20-13-6-3-10(4-7-13)15(21)22/h2-8H,9H2,1H3,(H,20,24)(H,21,22)/t18-/m0/s1. The fraction of sp³-hybridized carbons (Fsp3) is 0.167. The second kappa shape index (κ2) is 6.22. The summed E-state index contributed by atoms with van der Waals surface area (Å²) < 4.78 is 5.35. The number of ether oxygens (including phenoxy) is 1. The number of carboxylic acids is 1. The van der Waals surface area contributed by atoms with Crippen LogP contribution in [0.25, 0.3) is 0 Å². The van der Waals surface area contributed by atoms with Gasteiger partial charge in [0.1, 0.15) is 0 Å². The first-order valence-corrected chi connectivity index (χ1v) is 7.83. The zero-order valence-corrected chi connectivity index (χ0v) is 14.0. The number of carbonyl (C=O) groups is 3. The van der Waals surface area contributed by atoms with Crippen LogP contribution in [-0.2, 0) is 16.0 Å². The van der Waals surface area contributed by atoms with Crippen molar-refractivity contribution >= 4 is 35.1 Å². The number of fused-ring (bicyclic) bond motifs is 1. The number of aromatic carboxylic acids is 1. The molecular formula is C18H14ClNO5. The summed E-state index contributed by atoms with van der Waals surface area (Å²) in [6.45, 7) is 1.53. The molecule has 25 heavy (non-hydrogen) atoms. The predicted molar refractivity (Wildman–Crippen MR) is 91.0 cm³/mol. The van der Waals surface area contributed by atoms with E-state index in [1.54, 1.807) is 12.1 Å². The third-order valence-corrected chi connectivity index (χ3v) is 4.24. The Kier molecular flexibility index (Phi) is 4.22. The van der Waals surface area contributed by atoms with Crippen LogP contribution in [0.1, 0.15) is 33.2 Å². The van der Waals surface area contributed by atoms with Crippen molar-refractivity contribution in [3.05, 3.63) is 64.2 Å². The number of hydrogen-bond donors (Lipinski definition) is 2. The first-order valence-electron chi connectivity index (χ1n) is 7.45. The van der Waals surface area contributed by atoms with E-state index in [9.17, 15) is 14.4 Å². The van der Waals surface area contributed by atoms with Gasteiger partial charge >= 0.3 is 11.9 Å². The van der Waals surface area contributed by atoms with Gasteiger partial charge in [0.25, 0.3) is 5.91 Å². The van der Waals surface area contributed by atoms with Crippen molar-refractivity contribution in [3.63, 3.8) is 0 Å². The van der Waals surface area contributed by atoms with Gasteiger partial charge < -0.3 is 15.2 Å². The summed E-state index contributed by atoms with van der Waals surface area (Å²) >= 11 is 5.89. The van der Waals surface area contributed by atoms with Crippen molar-refractivity contribution in [2.45, 2.75) is 18.9 Å². The Bertz CT molecular complexity index is 878. The molecule has 1 atom stereocenters. The van der Waals surface area contributed by atoms with Gasteiger partial charge in [-0.2, -0.15) is 0 Å². The minimum Gasteiger partial charge on any atom is -0.478 e. The smallest absolute Gasteiger partial charge is 0.339 e. The minimum atomic E-state index is -1.37. The van der Waals surface area contributed by atoms with E-state index in [1.807, 2.05) is 0 Å². The van der Waals surface area contributed by atoms with Gasteiger partial charge in [0.05, 0.1) is 11.1 Å². The van der Waals surface area contributed by atoms with E-state index >= 15 is 0 Å². The molecule has 0 radical (unpaired) electrons. The van der Waals surface area contributed by atoms with Gasteiger partial charge in [-0.25, -0.2) is 9.59 Å². The first-order chi connectivity index (χ1) is 11.8. The van der Waals surface area contributed by atoms with E-state index in [2.05, 4.69) is 5.32 Å². The molecule has 0 saturated carbocycles. The molecule has 0 unspecified atom stereocenters. The minimum absolute atomic E-state index is 0.110. The summed E-state index contributed by atoms with van der Waals surface area (Å²) in [5.41, 5.74) is 0.181. The molecule has 0 aromatic heterocycles. The number of esters is 1. The number of anilines is 1. The van der Waals surface area contributed by atoms with Crippen molar-refractivity contribution in [3.8, 4) is 0 Å². The normalized spacial score (nSPS) is 18.9. The molecule has 2 aromatic rings. The zero-order valence-electron chi connectivity index (χ0n) is 13.2. The molecule has 1 amide bonds. The van der Waals surface area contributed by atoms with Crippen LogP contribution >= 0.6 is 11.6 Å². The molecule has 7 heteroatoms. The molecule has 0 spiro atoms. The average molecular weight is 360 g/mol. The van der Waals surface area contributed by atoms with Gasteiger partial charge in [0, 0.05) is 17.1 Å². The lowest BCUT2D eigenvalue weighted by Crippen LogP contribution is -2.48. The molecule has 0 fully saturated rings. The highest BCUT2D eigenvalue weighted by Crippen LogP contribution is 2.31. The molecule has 1 aliphatic rings. The van der Waals surface area contributed by atoms with Gasteiger partial charge in [-0.3, -0.25) is 4.79 Å². The summed E-state index contributed by atoms with van der Waals surface area (Å²) in [6.07, 6.45) is 0.213. The van der Waals surface area contributed by atoms with Crippen LogP contribution in [-0.4, -0.2) is 28.6 Å². The SMILES string of the molecule is C[C@@]1(C(=O)Nc2ccc(C(=O)O)cc2)Cc2ccc(Cl)cc2C(=O)O1. The highest BCUT2D eigenvalue weighted by Gasteiger charge is 2.42. The molecule has 2 aromatic carbocycles. The molecule has 128 valence electrons. The maximum atomic E-state index is 12.6. The molecule has 1 heterocycles. The molecular weight excluding hydrogens is 346 g/mol. The Hall–Kier alpha value is -2.86. The van der Waals surface area contributed by atoms with Crippen molar-refractivity contribution in [1.29, 1.82) is 0 Å². The Balaban J connectivity index is 1.81. The fourth-order valence-corrected chi connectivity index (χ4v) is 2.81. The van der Waals surface area contributed by atoms with Crippen molar-refractivity contribution in [1.82, 2.24) is 0 Å². The number of cyclic esters (lactones) is 1. The van der Waals surface area contributed by atoms with E-state index < -0.39 is 23.4 Å². The largest absolute Gasteiger partial charge is 0.478 e. The second-order valence-corrected chi connectivity index (χ2v) is 6.37. The Labute approximate surface area is 148 Å². The number of hydrogen-bond acceptors (Lipinski definition) is 4. The topological polar surface area (TPSA) is 92.7 Å². The lowest BCUT2D eigenvalue weighted by molar-refractivity contribution is -0.134. The maximum absolute atomic E-state index is 12.6. The number of carbonyl (C=O) groups excluding carboxylic acids is 2. The van der Waals surface area contributed by atoms with Crippen LogP contribution in [0.2, 0.25) is 5.02 Å². The molecule has 2 N–H and O–H groups in total. The third kappa shape index (κ3) is 3.34. The maximum Gasteiger partial charge on any atom is 0.339 e. The monoisotopic (exact) mass is 359 g/mol. The first kappa shape index (κ1) is 17.0. The summed E-state index contributed by atoms with van der Waals surface area (Å²) in [5, 5.41) is 12.0. The van der Waals surface area contributed by atoms with Gasteiger partial charge in [0.2, 0.25) is 0 Å². The summed E-state index contributed by atoms with van der Waals surface area (Å²) in [6, 6.07) is 10.6. The van der Waals surface area contributed by atoms with Crippen molar-refractivity contribution in [2.24, 2.45) is 0 Å². The lowest BCUT2D eigenvalue weighted by Gasteiger charge is -2.33. The summed E-state index contributed by atoms with van der Waals surface area (Å²) in [5.74, 6) is -2.16. The number of amides is 1. The number of rotatable bonds is 3. The number of halogens is 1. The molecule has 1 aliphatic heterocycles. The van der Waals surface area contributed by atoms with E-state index in [1.165, 1.54) is 37.3 Å². The fourth-order valence-electron chi connectivity index (χ4n) is 2.64. The van der Waals surface area contributed by atoms with E-state index in [-0.39, 0.29) is 12.0 Å². The summed E-state index contributed by atoms with van der Waals surface area (Å²) in [4.78, 5) is 35.7. The zero-order chi connectivity index (χ0) is 18.2. The highest BCUT2D eigenvalue weighted by atomic mass is 35.5. The molecule has 0 saturated heterocycles. The number of carboxylic acid groups (broad SMARTS) is 1. The quantitative estimate of drug-likeness (QED) is 0.821. The summed E-state index contributed by atoms with van der Waals surface area (Å²) in [7, 11) is 0. The van der Waals surface area contributed by atoms with Crippen LogP contribution in [0.5, 0.6) is 0 Å². The van der Waals surface area contributed by atoms with E-state index in [0.29, 0.717) is 21.8 Å². The van der Waals surface area contributed by atoms with Crippen LogP contribution in [0, 0.1) is 0 Å². The van der Waals surface area contributed by atoms with Gasteiger partial charge in [-0.15, -0.1) is 0 Å². The Morgan fingerprint density at radius 3 is 2.52 bits per heavy atom. The van der Waals surface area contributed by atoms with E-state index in [0.717, 1.165) is 0 Å². The molecule has 3 rings (SSSR count). The molecule has 0 aliphatic carbocycles. The number of nitrogens with one attached hydrogen (secondary N) is 1. The highest BCUT2D eigenvalue weighted by molar-refractivity contribution is 6.31. The molecule has 6 nitrogen and oxygen atoms in total. The second-order valence-electron chi connectivity index (χ2n) is 5.94. The lowest BCUT2D eigenvalue weighted by atomic mass is 9.89. The van der Waals surface area contributed by atoms with Crippen LogP contribution in [0.15, 0.2) is 42.5 Å². The van der Waals surface area contributed by atoms with E-state index in [4.69, 9.17) is 21.4 Å². The van der Waals surface area contributed by atoms with Gasteiger partial charge in [-0.05, 0) is 48.9 Å². The van der Waals surface area contributed by atoms with Crippen LogP contribution in [0.3, 0.4) is 0 Å². The van der Waals surface area contributed by atoms with Gasteiger partial charge in [0.15, 0.2) is 5.60 Å². The Morgan fingerprint density at radius 2 is 1.88 bits per heavy atom. The predicted octanol–water partition coefficient (Wildman–Crippen LogP) is 3.15. The van der Waals surface area contributed by atoms with Crippen molar-refractivity contribution < 1.29 is 24.2 Å². The van der Waals surface area contributed by atoms with Gasteiger partial charge in [-0.1, -0.05) is 17.7 Å². The molecule has 0 bridgehead atoms. The van der Waals surface area contributed by atoms with Crippen molar-refractivity contribution in [2.75, 3.05) is 5.32 Å². The third-order valence-electron chi connectivity index (χ3n) is 4.01. The number of benzene rings is 2. The Morgan fingerprint density at radius 1 is 1.20 bits per heavy atom. The van der Waals surface area contributed by atoms with Crippen LogP contribution in [0.4, 0.5) is 5.69 Å².